The minimum atomic E-state index is -1.10. The lowest BCUT2D eigenvalue weighted by Crippen LogP contribution is -2.02. The smallest absolute Gasteiger partial charge is 0.329 e. The number of aliphatic hydroxyl groups is 2. The summed E-state index contributed by atoms with van der Waals surface area (Å²) in [4.78, 5) is 9.84. The van der Waals surface area contributed by atoms with Gasteiger partial charge in [-0.3, -0.25) is 0 Å². The molecular formula is C9H18O4. The van der Waals surface area contributed by atoms with Gasteiger partial charge in [0, 0.05) is 6.08 Å². The van der Waals surface area contributed by atoms with Gasteiger partial charge in [0.1, 0.15) is 0 Å². The third-order valence-electron chi connectivity index (χ3n) is 1.18. The van der Waals surface area contributed by atoms with Crippen LogP contribution in [0.3, 0.4) is 0 Å². The van der Waals surface area contributed by atoms with E-state index in [-0.39, 0.29) is 0 Å². The van der Waals surface area contributed by atoms with Crippen molar-refractivity contribution in [1.29, 1.82) is 0 Å². The molecule has 0 aromatic rings. The van der Waals surface area contributed by atoms with Crippen LogP contribution < -0.4 is 0 Å². The van der Waals surface area contributed by atoms with Crippen LogP contribution >= 0.6 is 0 Å². The maximum Gasteiger partial charge on any atom is 0.329 e. The summed E-state index contributed by atoms with van der Waals surface area (Å²) in [6.45, 7) is 5.17. The second-order valence-corrected chi connectivity index (χ2v) is 2.35. The topological polar surface area (TPSA) is 66.8 Å². The Kier molecular flexibility index (Phi) is 12.5. The first kappa shape index (κ1) is 14.6. The van der Waals surface area contributed by atoms with Crippen LogP contribution in [0.1, 0.15) is 26.2 Å². The van der Waals surface area contributed by atoms with Gasteiger partial charge in [-0.1, -0.05) is 19.9 Å². The second-order valence-electron chi connectivity index (χ2n) is 2.35. The van der Waals surface area contributed by atoms with E-state index in [2.05, 4.69) is 11.3 Å². The molecule has 0 atom stereocenters. The van der Waals surface area contributed by atoms with Gasteiger partial charge in [-0.05, 0) is 12.8 Å². The lowest BCUT2D eigenvalue weighted by Gasteiger charge is -1.97. The molecule has 0 aliphatic rings. The van der Waals surface area contributed by atoms with Crippen LogP contribution in [0.5, 0.6) is 0 Å². The van der Waals surface area contributed by atoms with Crippen molar-refractivity contribution < 1.29 is 19.7 Å². The quantitative estimate of drug-likeness (QED) is 0.391. The maximum atomic E-state index is 9.84. The number of hydrogen-bond donors (Lipinski definition) is 2. The summed E-state index contributed by atoms with van der Waals surface area (Å²) in [7, 11) is 1.31. The number of hydrogen-bond acceptors (Lipinski definition) is 4. The fourth-order valence-corrected chi connectivity index (χ4v) is 0.470. The molecule has 78 valence electrons. The molecule has 0 saturated heterocycles. The molecule has 4 nitrogen and oxygen atoms in total. The van der Waals surface area contributed by atoms with Gasteiger partial charge in [-0.25, -0.2) is 4.79 Å². The minimum Gasteiger partial charge on any atom is -0.466 e. The van der Waals surface area contributed by atoms with Crippen LogP contribution in [0, 0.1) is 0 Å². The monoisotopic (exact) mass is 190 g/mol. The molecule has 0 aromatic carbocycles. The molecule has 2 N–H and O–H groups in total. The molecular weight excluding hydrogens is 172 g/mol. The predicted molar refractivity (Wildman–Crippen MR) is 50.0 cm³/mol. The number of carbonyl (C=O) groups excluding carboxylic acids is 1. The van der Waals surface area contributed by atoms with Crippen molar-refractivity contribution in [2.75, 3.05) is 7.11 Å². The van der Waals surface area contributed by atoms with Crippen LogP contribution in [0.25, 0.3) is 0 Å². The molecule has 0 aliphatic heterocycles. The highest BCUT2D eigenvalue weighted by atomic mass is 16.5. The first-order valence-corrected chi connectivity index (χ1v) is 4.15. The van der Waals surface area contributed by atoms with Crippen LogP contribution in [-0.4, -0.2) is 29.6 Å². The van der Waals surface area contributed by atoms with Gasteiger partial charge in [0.25, 0.3) is 0 Å². The highest BCUT2D eigenvalue weighted by Crippen LogP contribution is 1.95. The Morgan fingerprint density at radius 2 is 2.15 bits per heavy atom. The zero-order chi connectivity index (χ0) is 10.7. The number of methoxy groups -OCH3 is 1. The average molecular weight is 190 g/mol. The predicted octanol–water partition coefficient (Wildman–Crippen LogP) is 0.833. The lowest BCUT2D eigenvalue weighted by atomic mass is 10.2. The summed E-state index contributed by atoms with van der Waals surface area (Å²) < 4.78 is 4.14. The van der Waals surface area contributed by atoms with Gasteiger partial charge >= 0.3 is 5.97 Å². The van der Waals surface area contributed by atoms with Crippen molar-refractivity contribution in [3.63, 3.8) is 0 Å². The minimum absolute atomic E-state index is 0.394. The van der Waals surface area contributed by atoms with Gasteiger partial charge in [0.05, 0.1) is 7.11 Å². The van der Waals surface area contributed by atoms with Crippen LogP contribution in [-0.2, 0) is 9.53 Å². The van der Waals surface area contributed by atoms with Crippen LogP contribution in [0.4, 0.5) is 0 Å². The number of esters is 1. The van der Waals surface area contributed by atoms with Gasteiger partial charge in [-0.2, -0.15) is 0 Å². The molecule has 4 heteroatoms. The molecule has 0 unspecified atom stereocenters. The first-order valence-electron chi connectivity index (χ1n) is 4.15. The van der Waals surface area contributed by atoms with Crippen molar-refractivity contribution in [2.45, 2.75) is 32.5 Å². The number of ether oxygens (including phenoxy) is 1. The lowest BCUT2D eigenvalue weighted by molar-refractivity contribution is -0.134. The first-order chi connectivity index (χ1) is 6.08. The van der Waals surface area contributed by atoms with E-state index in [0.29, 0.717) is 6.42 Å². The molecule has 0 aliphatic carbocycles. The van der Waals surface area contributed by atoms with E-state index in [1.807, 2.05) is 6.92 Å². The molecule has 0 rings (SSSR count). The molecule has 0 amide bonds. The third-order valence-corrected chi connectivity index (χ3v) is 1.18. The van der Waals surface area contributed by atoms with Crippen LogP contribution in [0.2, 0.25) is 0 Å². The number of carbonyl (C=O) groups is 1. The normalized spacial score (nSPS) is 8.69. The van der Waals surface area contributed by atoms with Gasteiger partial charge in [-0.15, -0.1) is 0 Å². The zero-order valence-corrected chi connectivity index (χ0v) is 8.19. The molecule has 0 heterocycles. The van der Waals surface area contributed by atoms with Gasteiger partial charge in [0.15, 0.2) is 6.29 Å². The van der Waals surface area contributed by atoms with E-state index in [1.165, 1.54) is 7.11 Å². The Hall–Kier alpha value is -0.870. The van der Waals surface area contributed by atoms with E-state index in [0.717, 1.165) is 18.9 Å². The Bertz CT molecular complexity index is 132. The van der Waals surface area contributed by atoms with E-state index in [4.69, 9.17) is 10.2 Å². The largest absolute Gasteiger partial charge is 0.466 e. The fraction of sp³-hybridized carbons (Fsp3) is 0.667. The molecule has 13 heavy (non-hydrogen) atoms. The van der Waals surface area contributed by atoms with E-state index < -0.39 is 12.3 Å². The Morgan fingerprint density at radius 3 is 2.23 bits per heavy atom. The molecule has 0 radical (unpaired) electrons. The summed E-state index contributed by atoms with van der Waals surface area (Å²) in [5.41, 5.74) is 0. The summed E-state index contributed by atoms with van der Waals surface area (Å²) in [5.74, 6) is -0.394. The molecule has 0 saturated carbocycles. The van der Waals surface area contributed by atoms with E-state index in [1.54, 1.807) is 0 Å². The maximum absolute atomic E-state index is 9.84. The number of unbranched alkanes of at least 4 members (excludes halogenated alkanes) is 1. The molecule has 0 fully saturated rings. The van der Waals surface area contributed by atoms with Crippen molar-refractivity contribution in [2.24, 2.45) is 0 Å². The summed E-state index contributed by atoms with van der Waals surface area (Å²) in [6, 6.07) is 0. The molecule has 0 bridgehead atoms. The Morgan fingerprint density at radius 1 is 1.62 bits per heavy atom. The van der Waals surface area contributed by atoms with Crippen molar-refractivity contribution in [3.05, 3.63) is 12.7 Å². The Labute approximate surface area is 78.8 Å². The summed E-state index contributed by atoms with van der Waals surface area (Å²) in [6.07, 6.45) is 2.45. The van der Waals surface area contributed by atoms with Crippen LogP contribution in [0.15, 0.2) is 12.7 Å². The SMILES string of the molecule is C=CC(=O)OC.CCCCC(O)O. The third kappa shape index (κ3) is 18.2. The number of rotatable bonds is 4. The zero-order valence-electron chi connectivity index (χ0n) is 8.19. The van der Waals surface area contributed by atoms with Gasteiger partial charge in [0.2, 0.25) is 0 Å². The summed E-state index contributed by atoms with van der Waals surface area (Å²) in [5, 5.41) is 16.5. The molecule has 0 spiro atoms. The summed E-state index contributed by atoms with van der Waals surface area (Å²) >= 11 is 0. The average Bonchev–Trinajstić information content (AvgIpc) is 2.14. The standard InChI is InChI=1S/C5H12O2.C4H6O2/c1-2-3-4-5(6)7;1-3-4(5)6-2/h5-7H,2-4H2,1H3;3H,1H2,2H3. The highest BCUT2D eigenvalue weighted by Gasteiger charge is 1.92. The fourth-order valence-electron chi connectivity index (χ4n) is 0.470. The Balaban J connectivity index is 0. The van der Waals surface area contributed by atoms with Gasteiger partial charge < -0.3 is 14.9 Å². The van der Waals surface area contributed by atoms with E-state index in [9.17, 15) is 4.79 Å². The van der Waals surface area contributed by atoms with Crippen molar-refractivity contribution >= 4 is 5.97 Å². The second kappa shape index (κ2) is 11.1. The highest BCUT2D eigenvalue weighted by molar-refractivity contribution is 5.80. The van der Waals surface area contributed by atoms with E-state index >= 15 is 0 Å². The number of aliphatic hydroxyl groups excluding tert-OH is 1. The van der Waals surface area contributed by atoms with Crippen molar-refractivity contribution in [1.82, 2.24) is 0 Å². The van der Waals surface area contributed by atoms with Crippen molar-refractivity contribution in [3.8, 4) is 0 Å². The molecule has 0 aromatic heterocycles.